The van der Waals surface area contributed by atoms with Gasteiger partial charge in [0.25, 0.3) is 0 Å². The summed E-state index contributed by atoms with van der Waals surface area (Å²) in [5.74, 6) is -0.257. The molecule has 0 bridgehead atoms. The highest BCUT2D eigenvalue weighted by atomic mass is 32.2. The topological polar surface area (TPSA) is 65.4 Å². The lowest BCUT2D eigenvalue weighted by atomic mass is 9.99. The number of rotatable bonds is 8. The summed E-state index contributed by atoms with van der Waals surface area (Å²) in [5, 5.41) is 0. The number of esters is 1. The molecule has 0 saturated carbocycles. The number of carbonyl (C=O) groups is 1. The van der Waals surface area contributed by atoms with Crippen LogP contribution in [0, 0.1) is 6.92 Å². The molecule has 0 spiro atoms. The molecule has 0 fully saturated rings. The van der Waals surface area contributed by atoms with E-state index in [4.69, 9.17) is 4.74 Å². The summed E-state index contributed by atoms with van der Waals surface area (Å²) in [6.45, 7) is 4.46. The molecule has 0 radical (unpaired) electrons. The van der Waals surface area contributed by atoms with Gasteiger partial charge >= 0.3 is 5.97 Å². The third-order valence-electron chi connectivity index (χ3n) is 5.01. The van der Waals surface area contributed by atoms with Crippen molar-refractivity contribution in [3.05, 3.63) is 72.1 Å². The van der Waals surface area contributed by atoms with Crippen LogP contribution in [0.5, 0.6) is 0 Å². The normalized spacial score (nSPS) is 11.4. The number of unbranched alkanes of at least 4 members (excludes halogenated alkanes) is 1. The number of ether oxygens (including phenoxy) is 1. The molecule has 1 aromatic heterocycles. The van der Waals surface area contributed by atoms with Gasteiger partial charge in [-0.1, -0.05) is 43.7 Å². The van der Waals surface area contributed by atoms with Gasteiger partial charge in [-0.15, -0.1) is 0 Å². The molecule has 0 aliphatic rings. The number of aromatic nitrogens is 1. The molecule has 0 unspecified atom stereocenters. The van der Waals surface area contributed by atoms with Crippen molar-refractivity contribution in [1.82, 2.24) is 4.57 Å². The van der Waals surface area contributed by atoms with Crippen LogP contribution < -0.4 is 0 Å². The number of sulfone groups is 1. The van der Waals surface area contributed by atoms with Gasteiger partial charge in [0.2, 0.25) is 0 Å². The molecule has 0 N–H and O–H groups in total. The van der Waals surface area contributed by atoms with E-state index in [1.807, 2.05) is 67.2 Å². The number of carbonyl (C=O) groups excluding carboxylic acids is 1. The number of benzene rings is 2. The van der Waals surface area contributed by atoms with Crippen LogP contribution in [0.25, 0.3) is 16.8 Å². The Morgan fingerprint density at radius 3 is 2.50 bits per heavy atom. The fourth-order valence-electron chi connectivity index (χ4n) is 3.32. The molecule has 5 nitrogen and oxygen atoms in total. The van der Waals surface area contributed by atoms with E-state index in [-0.39, 0.29) is 17.3 Å². The lowest BCUT2D eigenvalue weighted by molar-refractivity contribution is -0.142. The fraction of sp³-hybridized carbons (Fsp3) is 0.292. The number of nitrogens with zero attached hydrogens (tertiary/aromatic N) is 1. The van der Waals surface area contributed by atoms with Crippen LogP contribution in [-0.4, -0.2) is 31.8 Å². The van der Waals surface area contributed by atoms with Crippen LogP contribution in [-0.2, 0) is 25.8 Å². The Hall–Kier alpha value is -2.86. The maximum atomic E-state index is 12.3. The smallest absolute Gasteiger partial charge is 0.310 e. The maximum Gasteiger partial charge on any atom is 0.310 e. The first kappa shape index (κ1) is 21.8. The van der Waals surface area contributed by atoms with Gasteiger partial charge in [0, 0.05) is 24.3 Å². The average molecular weight is 426 g/mol. The summed E-state index contributed by atoms with van der Waals surface area (Å²) in [6.07, 6.45) is 6.93. The molecule has 0 aliphatic heterocycles. The fourth-order valence-corrected chi connectivity index (χ4v) is 3.97. The summed E-state index contributed by atoms with van der Waals surface area (Å²) >= 11 is 0. The minimum absolute atomic E-state index is 0.188. The predicted octanol–water partition coefficient (Wildman–Crippen LogP) is 4.74. The molecule has 1 heterocycles. The molecule has 0 aliphatic carbocycles. The SMILES string of the molecule is CCCCOC(=O)Cc1ccn(-c2cc(S(C)(=O)=O)cc(-c3ccccc3)c2C)c1. The Bertz CT molecular complexity index is 1130. The first-order chi connectivity index (χ1) is 14.3. The van der Waals surface area contributed by atoms with Crippen molar-refractivity contribution in [2.75, 3.05) is 12.9 Å². The van der Waals surface area contributed by atoms with Crippen LogP contribution in [0.3, 0.4) is 0 Å². The van der Waals surface area contributed by atoms with Gasteiger partial charge in [-0.25, -0.2) is 8.42 Å². The standard InChI is InChI=1S/C24H27NO4S/c1-4-5-13-29-24(26)14-19-11-12-25(17-19)23-16-21(30(3,27)28)15-22(18(23)2)20-9-7-6-8-10-20/h6-12,15-17H,4-5,13-14H2,1-3H3. The molecular formula is C24H27NO4S. The van der Waals surface area contributed by atoms with Crippen molar-refractivity contribution in [2.45, 2.75) is 38.0 Å². The van der Waals surface area contributed by atoms with E-state index in [1.54, 1.807) is 12.1 Å². The molecule has 6 heteroatoms. The lowest BCUT2D eigenvalue weighted by Gasteiger charge is -2.15. The van der Waals surface area contributed by atoms with Crippen molar-refractivity contribution < 1.29 is 17.9 Å². The Kier molecular flexibility index (Phi) is 6.77. The van der Waals surface area contributed by atoms with Crippen LogP contribution in [0.1, 0.15) is 30.9 Å². The number of hydrogen-bond donors (Lipinski definition) is 0. The molecule has 3 aromatic rings. The minimum atomic E-state index is -3.39. The Labute approximate surface area is 178 Å². The molecule has 158 valence electrons. The van der Waals surface area contributed by atoms with E-state index in [2.05, 4.69) is 0 Å². The summed E-state index contributed by atoms with van der Waals surface area (Å²) in [4.78, 5) is 12.3. The first-order valence-electron chi connectivity index (χ1n) is 10.0. The van der Waals surface area contributed by atoms with Gasteiger partial charge in [0.15, 0.2) is 9.84 Å². The van der Waals surface area contributed by atoms with Crippen molar-refractivity contribution >= 4 is 15.8 Å². The maximum absolute atomic E-state index is 12.3. The predicted molar refractivity (Wildman–Crippen MR) is 119 cm³/mol. The van der Waals surface area contributed by atoms with Crippen molar-refractivity contribution in [3.63, 3.8) is 0 Å². The van der Waals surface area contributed by atoms with Crippen LogP contribution in [0.15, 0.2) is 65.8 Å². The second-order valence-electron chi connectivity index (χ2n) is 7.43. The van der Waals surface area contributed by atoms with Crippen LogP contribution in [0.2, 0.25) is 0 Å². The van der Waals surface area contributed by atoms with Gasteiger partial charge in [-0.05, 0) is 53.8 Å². The van der Waals surface area contributed by atoms with Crippen molar-refractivity contribution in [2.24, 2.45) is 0 Å². The van der Waals surface area contributed by atoms with E-state index >= 15 is 0 Å². The van der Waals surface area contributed by atoms with E-state index in [0.29, 0.717) is 6.61 Å². The Balaban J connectivity index is 1.98. The zero-order valence-electron chi connectivity index (χ0n) is 17.6. The molecule has 2 aromatic carbocycles. The van der Waals surface area contributed by atoms with Crippen LogP contribution >= 0.6 is 0 Å². The second-order valence-corrected chi connectivity index (χ2v) is 9.45. The van der Waals surface area contributed by atoms with Gasteiger partial charge in [-0.3, -0.25) is 4.79 Å². The highest BCUT2D eigenvalue weighted by Crippen LogP contribution is 2.31. The van der Waals surface area contributed by atoms with Gasteiger partial charge < -0.3 is 9.30 Å². The quantitative estimate of drug-likeness (QED) is 0.386. The first-order valence-corrected chi connectivity index (χ1v) is 11.9. The van der Waals surface area contributed by atoms with Crippen LogP contribution in [0.4, 0.5) is 0 Å². The molecular weight excluding hydrogens is 398 g/mol. The minimum Gasteiger partial charge on any atom is -0.465 e. The van der Waals surface area contributed by atoms with E-state index in [1.165, 1.54) is 6.26 Å². The molecule has 0 atom stereocenters. The second kappa shape index (κ2) is 9.30. The van der Waals surface area contributed by atoms with E-state index < -0.39 is 9.84 Å². The average Bonchev–Trinajstić information content (AvgIpc) is 3.16. The summed E-state index contributed by atoms with van der Waals surface area (Å²) < 4.78 is 31.7. The number of hydrogen-bond acceptors (Lipinski definition) is 4. The third kappa shape index (κ3) is 5.19. The molecule has 3 rings (SSSR count). The largest absolute Gasteiger partial charge is 0.465 e. The monoisotopic (exact) mass is 425 g/mol. The summed E-state index contributed by atoms with van der Waals surface area (Å²) in [7, 11) is -3.39. The highest BCUT2D eigenvalue weighted by Gasteiger charge is 2.16. The van der Waals surface area contributed by atoms with Gasteiger partial charge in [-0.2, -0.15) is 0 Å². The third-order valence-corrected chi connectivity index (χ3v) is 6.10. The van der Waals surface area contributed by atoms with Crippen molar-refractivity contribution in [1.29, 1.82) is 0 Å². The Morgan fingerprint density at radius 2 is 1.83 bits per heavy atom. The molecule has 30 heavy (non-hydrogen) atoms. The van der Waals surface area contributed by atoms with Crippen molar-refractivity contribution in [3.8, 4) is 16.8 Å². The zero-order chi connectivity index (χ0) is 21.7. The zero-order valence-corrected chi connectivity index (χ0v) is 18.4. The van der Waals surface area contributed by atoms with E-state index in [9.17, 15) is 13.2 Å². The molecule has 0 saturated heterocycles. The Morgan fingerprint density at radius 1 is 1.10 bits per heavy atom. The molecule has 0 amide bonds. The van der Waals surface area contributed by atoms with Gasteiger partial charge in [0.1, 0.15) is 0 Å². The highest BCUT2D eigenvalue weighted by molar-refractivity contribution is 7.90. The summed E-state index contributed by atoms with van der Waals surface area (Å²) in [5.41, 5.74) is 4.36. The summed E-state index contributed by atoms with van der Waals surface area (Å²) in [6, 6.07) is 15.0. The van der Waals surface area contributed by atoms with Gasteiger partial charge in [0.05, 0.1) is 17.9 Å². The lowest BCUT2D eigenvalue weighted by Crippen LogP contribution is -2.08. The van der Waals surface area contributed by atoms with E-state index in [0.717, 1.165) is 40.8 Å².